The Labute approximate surface area is 167 Å². The van der Waals surface area contributed by atoms with Gasteiger partial charge in [0.05, 0.1) is 12.0 Å². The third-order valence-corrected chi connectivity index (χ3v) is 4.83. The Morgan fingerprint density at radius 1 is 1.21 bits per heavy atom. The number of rotatable bonds is 9. The van der Waals surface area contributed by atoms with Crippen LogP contribution in [0.4, 0.5) is 5.69 Å². The molecule has 7 nitrogen and oxygen atoms in total. The van der Waals surface area contributed by atoms with Crippen LogP contribution in [0.2, 0.25) is 0 Å². The number of carbonyl (C=O) groups excluding carboxylic acids is 2. The Hall–Kier alpha value is -2.87. The van der Waals surface area contributed by atoms with Crippen LogP contribution < -0.4 is 5.32 Å². The van der Waals surface area contributed by atoms with Crippen molar-refractivity contribution in [3.8, 4) is 0 Å². The van der Waals surface area contributed by atoms with Gasteiger partial charge in [-0.3, -0.25) is 14.9 Å². The molecule has 0 fully saturated rings. The molecule has 0 saturated carbocycles. The van der Waals surface area contributed by atoms with Gasteiger partial charge in [-0.15, -0.1) is 0 Å². The molecule has 0 aliphatic carbocycles. The number of nitro benzene ring substituents is 1. The summed E-state index contributed by atoms with van der Waals surface area (Å²) >= 11 is 1.54. The van der Waals surface area contributed by atoms with Crippen LogP contribution in [0.1, 0.15) is 27.9 Å². The highest BCUT2D eigenvalue weighted by molar-refractivity contribution is 7.98. The lowest BCUT2D eigenvalue weighted by Crippen LogP contribution is -2.42. The van der Waals surface area contributed by atoms with Gasteiger partial charge in [-0.25, -0.2) is 4.79 Å². The molecule has 2 aromatic carbocycles. The summed E-state index contributed by atoms with van der Waals surface area (Å²) < 4.78 is 4.76. The molecule has 28 heavy (non-hydrogen) atoms. The molecule has 0 aromatic heterocycles. The van der Waals surface area contributed by atoms with E-state index < -0.39 is 22.8 Å². The first-order valence-corrected chi connectivity index (χ1v) is 10.0. The second-order valence-corrected chi connectivity index (χ2v) is 7.08. The van der Waals surface area contributed by atoms with Gasteiger partial charge in [-0.1, -0.05) is 36.4 Å². The van der Waals surface area contributed by atoms with E-state index in [9.17, 15) is 19.7 Å². The summed E-state index contributed by atoms with van der Waals surface area (Å²) in [6.07, 6.45) is 2.74. The fraction of sp³-hybridized carbons (Fsp3) is 0.300. The zero-order valence-electron chi connectivity index (χ0n) is 15.7. The van der Waals surface area contributed by atoms with Crippen LogP contribution >= 0.6 is 11.8 Å². The predicted octanol–water partition coefficient (Wildman–Crippen LogP) is 3.21. The van der Waals surface area contributed by atoms with Gasteiger partial charge in [-0.05, 0) is 36.0 Å². The average molecular weight is 402 g/mol. The van der Waals surface area contributed by atoms with Crippen LogP contribution in [0.15, 0.2) is 48.5 Å². The zero-order valence-corrected chi connectivity index (χ0v) is 16.5. The quantitative estimate of drug-likeness (QED) is 0.393. The summed E-state index contributed by atoms with van der Waals surface area (Å²) in [7, 11) is 1.26. The third-order valence-electron chi connectivity index (χ3n) is 4.19. The lowest BCUT2D eigenvalue weighted by molar-refractivity contribution is -0.384. The van der Waals surface area contributed by atoms with Gasteiger partial charge < -0.3 is 10.1 Å². The summed E-state index contributed by atoms with van der Waals surface area (Å²) in [5, 5.41) is 13.8. The van der Waals surface area contributed by atoms with Crippen molar-refractivity contribution in [2.24, 2.45) is 0 Å². The molecule has 1 N–H and O–H groups in total. The van der Waals surface area contributed by atoms with Crippen LogP contribution in [0.3, 0.4) is 0 Å². The summed E-state index contributed by atoms with van der Waals surface area (Å²) in [5.74, 6) is -0.421. The first-order valence-electron chi connectivity index (χ1n) is 8.65. The molecular formula is C20H22N2O5S. The van der Waals surface area contributed by atoms with Gasteiger partial charge in [0.15, 0.2) is 0 Å². The van der Waals surface area contributed by atoms with Crippen molar-refractivity contribution in [1.82, 2.24) is 5.32 Å². The second-order valence-electron chi connectivity index (χ2n) is 6.09. The normalized spacial score (nSPS) is 11.5. The number of nitrogens with one attached hydrogen (secondary N) is 1. The molecule has 0 unspecified atom stereocenters. The molecule has 0 aliphatic heterocycles. The Kier molecular flexibility index (Phi) is 8.01. The highest BCUT2D eigenvalue weighted by Gasteiger charge is 2.24. The van der Waals surface area contributed by atoms with Crippen molar-refractivity contribution in [3.63, 3.8) is 0 Å². The number of amides is 1. The smallest absolute Gasteiger partial charge is 0.328 e. The van der Waals surface area contributed by atoms with Crippen molar-refractivity contribution in [1.29, 1.82) is 0 Å². The Morgan fingerprint density at radius 3 is 2.54 bits per heavy atom. The molecule has 148 valence electrons. The summed E-state index contributed by atoms with van der Waals surface area (Å²) in [5.41, 5.74) is 1.61. The van der Waals surface area contributed by atoms with Crippen LogP contribution in [0, 0.1) is 10.1 Å². The maximum atomic E-state index is 12.9. The molecule has 0 radical (unpaired) electrons. The lowest BCUT2D eigenvalue weighted by atomic mass is 9.98. The molecule has 8 heteroatoms. The molecule has 1 amide bonds. The van der Waals surface area contributed by atoms with Crippen molar-refractivity contribution >= 4 is 29.3 Å². The van der Waals surface area contributed by atoms with E-state index in [4.69, 9.17) is 4.74 Å². The number of benzene rings is 2. The van der Waals surface area contributed by atoms with Gasteiger partial charge in [0.25, 0.3) is 11.6 Å². The van der Waals surface area contributed by atoms with Crippen LogP contribution in [-0.2, 0) is 16.0 Å². The minimum Gasteiger partial charge on any atom is -0.467 e. The maximum Gasteiger partial charge on any atom is 0.328 e. The number of carbonyl (C=O) groups is 2. The first kappa shape index (κ1) is 21.4. The SMILES string of the molecule is COC(=O)[C@H](CCSC)NC(=O)c1cc([N+](=O)[O-])ccc1Cc1ccccc1. The number of esters is 1. The van der Waals surface area contributed by atoms with Gasteiger partial charge in [0.2, 0.25) is 0 Å². The highest BCUT2D eigenvalue weighted by Crippen LogP contribution is 2.21. The van der Waals surface area contributed by atoms with E-state index in [1.54, 1.807) is 17.8 Å². The molecule has 2 aromatic rings. The molecule has 0 saturated heterocycles. The minimum atomic E-state index is -0.811. The van der Waals surface area contributed by atoms with Gasteiger partial charge in [-0.2, -0.15) is 11.8 Å². The van der Waals surface area contributed by atoms with E-state index in [-0.39, 0.29) is 11.3 Å². The number of hydrogen-bond acceptors (Lipinski definition) is 6. The topological polar surface area (TPSA) is 98.5 Å². The number of hydrogen-bond donors (Lipinski definition) is 1. The number of nitro groups is 1. The average Bonchev–Trinajstić information content (AvgIpc) is 2.71. The molecular weight excluding hydrogens is 380 g/mol. The van der Waals surface area contributed by atoms with E-state index in [1.807, 2.05) is 36.6 Å². The van der Waals surface area contributed by atoms with Gasteiger partial charge in [0, 0.05) is 17.7 Å². The molecule has 2 rings (SSSR count). The van der Waals surface area contributed by atoms with E-state index in [2.05, 4.69) is 5.32 Å². The largest absolute Gasteiger partial charge is 0.467 e. The Balaban J connectivity index is 2.33. The standard InChI is InChI=1S/C20H22N2O5S/c1-27-20(24)18(10-11-28-2)21-19(23)17-13-16(22(25)26)9-8-15(17)12-14-6-4-3-5-7-14/h3-9,13,18H,10-12H2,1-2H3,(H,21,23)/t18-/m0/s1. The highest BCUT2D eigenvalue weighted by atomic mass is 32.2. The van der Waals surface area contributed by atoms with Crippen LogP contribution in [0.5, 0.6) is 0 Å². The number of ether oxygens (including phenoxy) is 1. The second kappa shape index (κ2) is 10.5. The number of thioether (sulfide) groups is 1. The monoisotopic (exact) mass is 402 g/mol. The molecule has 0 bridgehead atoms. The Morgan fingerprint density at radius 2 is 1.93 bits per heavy atom. The van der Waals surface area contributed by atoms with Crippen LogP contribution in [0.25, 0.3) is 0 Å². The minimum absolute atomic E-state index is 0.177. The predicted molar refractivity (Wildman–Crippen MR) is 109 cm³/mol. The van der Waals surface area contributed by atoms with Gasteiger partial charge >= 0.3 is 5.97 Å². The molecule has 0 heterocycles. The number of nitrogens with zero attached hydrogens (tertiary/aromatic N) is 1. The van der Waals surface area contributed by atoms with Crippen molar-refractivity contribution in [2.75, 3.05) is 19.1 Å². The van der Waals surface area contributed by atoms with E-state index in [0.717, 1.165) is 5.56 Å². The summed E-state index contributed by atoms with van der Waals surface area (Å²) in [6, 6.07) is 12.9. The maximum absolute atomic E-state index is 12.9. The lowest BCUT2D eigenvalue weighted by Gasteiger charge is -2.17. The van der Waals surface area contributed by atoms with Crippen molar-refractivity contribution in [3.05, 3.63) is 75.3 Å². The molecule has 0 spiro atoms. The van der Waals surface area contributed by atoms with Gasteiger partial charge in [0.1, 0.15) is 6.04 Å². The fourth-order valence-electron chi connectivity index (χ4n) is 2.72. The first-order chi connectivity index (χ1) is 13.5. The molecule has 0 aliphatic rings. The van der Waals surface area contributed by atoms with Crippen molar-refractivity contribution in [2.45, 2.75) is 18.9 Å². The van der Waals surface area contributed by atoms with E-state index >= 15 is 0 Å². The number of non-ortho nitro benzene ring substituents is 1. The zero-order chi connectivity index (χ0) is 20.5. The van der Waals surface area contributed by atoms with E-state index in [1.165, 1.54) is 19.2 Å². The van der Waals surface area contributed by atoms with Crippen LogP contribution in [-0.4, -0.2) is 42.0 Å². The summed E-state index contributed by atoms with van der Waals surface area (Å²) in [6.45, 7) is 0. The summed E-state index contributed by atoms with van der Waals surface area (Å²) in [4.78, 5) is 35.5. The van der Waals surface area contributed by atoms with Crippen molar-refractivity contribution < 1.29 is 19.2 Å². The van der Waals surface area contributed by atoms with E-state index in [0.29, 0.717) is 24.2 Å². The fourth-order valence-corrected chi connectivity index (χ4v) is 3.19. The molecule has 1 atom stereocenters. The third kappa shape index (κ3) is 5.82. The Bertz CT molecular complexity index is 842. The number of methoxy groups -OCH3 is 1.